The highest BCUT2D eigenvalue weighted by molar-refractivity contribution is 7.99. The number of thioether (sulfide) groups is 1. The standard InChI is InChI=1S/C13H20N2O4S/c1-3-6-15(7-4-2)12(17)9-20-8-5-11(13(18)19)14-10-16/h3-4,10-11H,1-2,5-9H2,(H,14,16)(H,18,19). The molecule has 0 aromatic carbocycles. The first-order valence-corrected chi connectivity index (χ1v) is 7.22. The predicted octanol–water partition coefficient (Wildman–Crippen LogP) is 0.509. The summed E-state index contributed by atoms with van der Waals surface area (Å²) in [5, 5.41) is 11.0. The number of carbonyl (C=O) groups excluding carboxylic acids is 2. The molecule has 0 saturated heterocycles. The van der Waals surface area contributed by atoms with Gasteiger partial charge in [0.1, 0.15) is 6.04 Å². The fraction of sp³-hybridized carbons (Fsp3) is 0.462. The molecule has 0 aliphatic heterocycles. The lowest BCUT2D eigenvalue weighted by molar-refractivity contribution is -0.140. The summed E-state index contributed by atoms with van der Waals surface area (Å²) in [6.45, 7) is 8.07. The highest BCUT2D eigenvalue weighted by Crippen LogP contribution is 2.07. The van der Waals surface area contributed by atoms with Crippen molar-refractivity contribution >= 4 is 30.0 Å². The van der Waals surface area contributed by atoms with Gasteiger partial charge in [-0.1, -0.05) is 12.2 Å². The molecule has 7 heteroatoms. The molecule has 0 rings (SSSR count). The van der Waals surface area contributed by atoms with Crippen LogP contribution in [0.5, 0.6) is 0 Å². The zero-order chi connectivity index (χ0) is 15.4. The summed E-state index contributed by atoms with van der Waals surface area (Å²) in [6.07, 6.45) is 3.92. The Morgan fingerprint density at radius 3 is 2.35 bits per heavy atom. The number of nitrogens with zero attached hydrogens (tertiary/aromatic N) is 1. The van der Waals surface area contributed by atoms with Crippen LogP contribution in [0, 0.1) is 0 Å². The Labute approximate surface area is 122 Å². The molecule has 0 spiro atoms. The van der Waals surface area contributed by atoms with Gasteiger partial charge >= 0.3 is 5.97 Å². The van der Waals surface area contributed by atoms with E-state index in [0.29, 0.717) is 25.3 Å². The van der Waals surface area contributed by atoms with Crippen LogP contribution < -0.4 is 5.32 Å². The number of aliphatic carboxylic acids is 1. The van der Waals surface area contributed by atoms with E-state index < -0.39 is 12.0 Å². The monoisotopic (exact) mass is 300 g/mol. The summed E-state index contributed by atoms with van der Waals surface area (Å²) in [7, 11) is 0. The Balaban J connectivity index is 4.05. The molecule has 0 aliphatic carbocycles. The minimum atomic E-state index is -1.08. The van der Waals surface area contributed by atoms with Gasteiger partial charge in [-0.2, -0.15) is 11.8 Å². The normalized spacial score (nSPS) is 11.2. The Bertz CT molecular complexity index is 350. The zero-order valence-corrected chi connectivity index (χ0v) is 12.1. The first kappa shape index (κ1) is 18.2. The largest absolute Gasteiger partial charge is 0.480 e. The molecule has 0 aliphatic rings. The molecule has 2 N–H and O–H groups in total. The molecule has 0 aromatic rings. The molecular formula is C13H20N2O4S. The van der Waals surface area contributed by atoms with E-state index in [0.717, 1.165) is 0 Å². The number of amides is 2. The van der Waals surface area contributed by atoms with Crippen LogP contribution in [-0.2, 0) is 14.4 Å². The van der Waals surface area contributed by atoms with Crippen LogP contribution in [0.2, 0.25) is 0 Å². The van der Waals surface area contributed by atoms with E-state index in [1.165, 1.54) is 11.8 Å². The van der Waals surface area contributed by atoms with Gasteiger partial charge in [-0.05, 0) is 12.2 Å². The zero-order valence-electron chi connectivity index (χ0n) is 11.3. The van der Waals surface area contributed by atoms with E-state index in [9.17, 15) is 14.4 Å². The summed E-state index contributed by atoms with van der Waals surface area (Å²) < 4.78 is 0. The van der Waals surface area contributed by atoms with E-state index in [-0.39, 0.29) is 18.1 Å². The van der Waals surface area contributed by atoms with Crippen molar-refractivity contribution in [3.63, 3.8) is 0 Å². The van der Waals surface area contributed by atoms with Crippen molar-refractivity contribution in [1.29, 1.82) is 0 Å². The van der Waals surface area contributed by atoms with Crippen molar-refractivity contribution in [3.8, 4) is 0 Å². The maximum atomic E-state index is 11.8. The lowest BCUT2D eigenvalue weighted by Gasteiger charge is -2.19. The van der Waals surface area contributed by atoms with Crippen molar-refractivity contribution in [2.24, 2.45) is 0 Å². The van der Waals surface area contributed by atoms with Crippen LogP contribution >= 0.6 is 11.8 Å². The van der Waals surface area contributed by atoms with Crippen LogP contribution in [0.3, 0.4) is 0 Å². The van der Waals surface area contributed by atoms with E-state index >= 15 is 0 Å². The second-order valence-corrected chi connectivity index (χ2v) is 5.00. The minimum Gasteiger partial charge on any atom is -0.480 e. The molecular weight excluding hydrogens is 280 g/mol. The summed E-state index contributed by atoms with van der Waals surface area (Å²) >= 11 is 1.33. The molecule has 0 aromatic heterocycles. The second-order valence-electron chi connectivity index (χ2n) is 3.89. The Morgan fingerprint density at radius 1 is 1.30 bits per heavy atom. The number of hydrogen-bond acceptors (Lipinski definition) is 4. The van der Waals surface area contributed by atoms with E-state index in [2.05, 4.69) is 18.5 Å². The number of rotatable bonds is 12. The fourth-order valence-corrected chi connectivity index (χ4v) is 2.31. The van der Waals surface area contributed by atoms with Crippen molar-refractivity contribution in [2.45, 2.75) is 12.5 Å². The minimum absolute atomic E-state index is 0.0509. The molecule has 2 amide bonds. The summed E-state index contributed by atoms with van der Waals surface area (Å²) in [6, 6.07) is -0.910. The van der Waals surface area contributed by atoms with Gasteiger partial charge in [-0.25, -0.2) is 4.79 Å². The molecule has 20 heavy (non-hydrogen) atoms. The van der Waals surface area contributed by atoms with Gasteiger partial charge in [-0.15, -0.1) is 13.2 Å². The summed E-state index contributed by atoms with van der Waals surface area (Å²) in [4.78, 5) is 34.5. The lowest BCUT2D eigenvalue weighted by atomic mass is 10.2. The third-order valence-corrected chi connectivity index (χ3v) is 3.37. The van der Waals surface area contributed by atoms with Crippen molar-refractivity contribution in [1.82, 2.24) is 10.2 Å². The molecule has 1 atom stereocenters. The maximum Gasteiger partial charge on any atom is 0.326 e. The molecule has 1 unspecified atom stereocenters. The predicted molar refractivity (Wildman–Crippen MR) is 79.5 cm³/mol. The molecule has 112 valence electrons. The molecule has 0 fully saturated rings. The van der Waals surface area contributed by atoms with Gasteiger partial charge in [0.05, 0.1) is 5.75 Å². The topological polar surface area (TPSA) is 86.7 Å². The van der Waals surface area contributed by atoms with Crippen molar-refractivity contribution in [2.75, 3.05) is 24.6 Å². The number of carboxylic acid groups (broad SMARTS) is 1. The van der Waals surface area contributed by atoms with Crippen molar-refractivity contribution in [3.05, 3.63) is 25.3 Å². The Hall–Kier alpha value is -1.76. The SMILES string of the molecule is C=CCN(CC=C)C(=O)CSCCC(NC=O)C(=O)O. The Morgan fingerprint density at radius 2 is 1.90 bits per heavy atom. The van der Waals surface area contributed by atoms with E-state index in [1.54, 1.807) is 17.1 Å². The number of carbonyl (C=O) groups is 3. The molecule has 0 heterocycles. The molecule has 0 radical (unpaired) electrons. The number of hydrogen-bond donors (Lipinski definition) is 2. The first-order valence-electron chi connectivity index (χ1n) is 6.06. The number of nitrogens with one attached hydrogen (secondary N) is 1. The third kappa shape index (κ3) is 7.63. The van der Waals surface area contributed by atoms with E-state index in [4.69, 9.17) is 5.11 Å². The molecule has 0 saturated carbocycles. The number of carboxylic acids is 1. The summed E-state index contributed by atoms with van der Waals surface area (Å²) in [5.74, 6) is -0.400. The average Bonchev–Trinajstić information content (AvgIpc) is 2.41. The smallest absolute Gasteiger partial charge is 0.326 e. The Kier molecular flexibility index (Phi) is 10.1. The van der Waals surface area contributed by atoms with Gasteiger partial charge in [0.25, 0.3) is 0 Å². The van der Waals surface area contributed by atoms with Crippen LogP contribution in [0.4, 0.5) is 0 Å². The molecule has 6 nitrogen and oxygen atoms in total. The fourth-order valence-electron chi connectivity index (χ4n) is 1.40. The lowest BCUT2D eigenvalue weighted by Crippen LogP contribution is -2.36. The van der Waals surface area contributed by atoms with Crippen molar-refractivity contribution < 1.29 is 19.5 Å². The van der Waals surface area contributed by atoms with Gasteiger partial charge in [-0.3, -0.25) is 9.59 Å². The third-order valence-electron chi connectivity index (χ3n) is 2.40. The van der Waals surface area contributed by atoms with Crippen LogP contribution in [0.25, 0.3) is 0 Å². The highest BCUT2D eigenvalue weighted by Gasteiger charge is 2.16. The van der Waals surface area contributed by atoms with Crippen LogP contribution in [0.15, 0.2) is 25.3 Å². The van der Waals surface area contributed by atoms with Gasteiger partial charge in [0, 0.05) is 13.1 Å². The van der Waals surface area contributed by atoms with Gasteiger partial charge < -0.3 is 15.3 Å². The van der Waals surface area contributed by atoms with E-state index in [1.807, 2.05) is 0 Å². The highest BCUT2D eigenvalue weighted by atomic mass is 32.2. The maximum absolute atomic E-state index is 11.8. The van der Waals surface area contributed by atoms with Crippen LogP contribution in [0.1, 0.15) is 6.42 Å². The molecule has 0 bridgehead atoms. The van der Waals surface area contributed by atoms with Gasteiger partial charge in [0.15, 0.2) is 0 Å². The quantitative estimate of drug-likeness (QED) is 0.311. The van der Waals surface area contributed by atoms with Gasteiger partial charge in [0.2, 0.25) is 12.3 Å². The average molecular weight is 300 g/mol. The van der Waals surface area contributed by atoms with Crippen LogP contribution in [-0.4, -0.2) is 58.9 Å². The first-order chi connectivity index (χ1) is 9.56. The second kappa shape index (κ2) is 11.1. The summed E-state index contributed by atoms with van der Waals surface area (Å²) in [5.41, 5.74) is 0.